The van der Waals surface area contributed by atoms with Crippen LogP contribution in [0.15, 0.2) is 36.5 Å². The molecule has 7 heteroatoms. The van der Waals surface area contributed by atoms with Crippen LogP contribution in [0.25, 0.3) is 0 Å². The Bertz CT molecular complexity index is 911. The summed E-state index contributed by atoms with van der Waals surface area (Å²) in [5.41, 5.74) is 2.66. The number of para-hydroxylation sites is 1. The van der Waals surface area contributed by atoms with Crippen LogP contribution >= 0.6 is 11.6 Å². The number of rotatable bonds is 4. The van der Waals surface area contributed by atoms with E-state index in [1.165, 1.54) is 18.2 Å². The van der Waals surface area contributed by atoms with E-state index in [1.54, 1.807) is 6.07 Å². The number of hydrogen-bond donors (Lipinski definition) is 1. The smallest absolute Gasteiger partial charge is 0.255 e. The molecule has 1 N–H and O–H groups in total. The Kier molecular flexibility index (Phi) is 6.00. The number of pyridine rings is 1. The summed E-state index contributed by atoms with van der Waals surface area (Å²) < 4.78 is 0. The maximum atomic E-state index is 12.8. The molecular formula is C22H25ClN4O2. The molecule has 4 rings (SSSR count). The van der Waals surface area contributed by atoms with Crippen LogP contribution < -0.4 is 10.2 Å². The number of halogens is 1. The average molecular weight is 413 g/mol. The first-order valence-electron chi connectivity index (χ1n) is 10.2. The van der Waals surface area contributed by atoms with Crippen LogP contribution in [-0.4, -0.2) is 47.9 Å². The third-order valence-corrected chi connectivity index (χ3v) is 5.84. The number of nitrogens with one attached hydrogen (secondary N) is 1. The topological polar surface area (TPSA) is 65.5 Å². The summed E-state index contributed by atoms with van der Waals surface area (Å²) in [6.07, 6.45) is 6.72. The van der Waals surface area contributed by atoms with Gasteiger partial charge in [-0.15, -0.1) is 0 Å². The van der Waals surface area contributed by atoms with Crippen molar-refractivity contribution < 1.29 is 9.59 Å². The van der Waals surface area contributed by atoms with Gasteiger partial charge in [-0.05, 0) is 49.8 Å². The fraction of sp³-hybridized carbons (Fsp3) is 0.409. The summed E-state index contributed by atoms with van der Waals surface area (Å²) in [4.78, 5) is 33.3. The molecule has 2 aliphatic rings. The number of carbonyl (C=O) groups excluding carboxylic acids is 2. The van der Waals surface area contributed by atoms with Gasteiger partial charge in [0, 0.05) is 31.5 Å². The highest BCUT2D eigenvalue weighted by atomic mass is 35.5. The largest absolute Gasteiger partial charge is 0.360 e. The number of piperidine rings is 1. The zero-order valence-corrected chi connectivity index (χ0v) is 17.1. The van der Waals surface area contributed by atoms with Gasteiger partial charge in [-0.2, -0.15) is 0 Å². The molecule has 0 unspecified atom stereocenters. The van der Waals surface area contributed by atoms with Crippen molar-refractivity contribution in [3.8, 4) is 0 Å². The number of anilines is 2. The minimum Gasteiger partial charge on any atom is -0.360 e. The minimum absolute atomic E-state index is 0.0245. The number of amides is 2. The second kappa shape index (κ2) is 8.82. The Hall–Kier alpha value is -2.60. The fourth-order valence-electron chi connectivity index (χ4n) is 4.01. The highest BCUT2D eigenvalue weighted by Gasteiger charge is 2.23. The molecule has 152 valence electrons. The van der Waals surface area contributed by atoms with E-state index in [9.17, 15) is 9.59 Å². The van der Waals surface area contributed by atoms with Crippen molar-refractivity contribution in [3.05, 3.63) is 52.7 Å². The van der Waals surface area contributed by atoms with Crippen LogP contribution in [0.1, 0.15) is 41.6 Å². The molecular weight excluding hydrogens is 388 g/mol. The molecule has 0 radical (unpaired) electrons. The Morgan fingerprint density at radius 1 is 1.07 bits per heavy atom. The zero-order chi connectivity index (χ0) is 20.2. The summed E-state index contributed by atoms with van der Waals surface area (Å²) in [6, 6.07) is 9.64. The molecule has 0 saturated carbocycles. The highest BCUT2D eigenvalue weighted by molar-refractivity contribution is 6.33. The van der Waals surface area contributed by atoms with Crippen LogP contribution in [-0.2, 0) is 11.2 Å². The van der Waals surface area contributed by atoms with Gasteiger partial charge in [-0.3, -0.25) is 9.59 Å². The van der Waals surface area contributed by atoms with Gasteiger partial charge in [0.05, 0.1) is 17.1 Å². The number of aryl methyl sites for hydroxylation is 1. The van der Waals surface area contributed by atoms with E-state index < -0.39 is 0 Å². The normalized spacial score (nSPS) is 16.3. The molecule has 2 aromatic rings. The van der Waals surface area contributed by atoms with Gasteiger partial charge in [0.25, 0.3) is 5.91 Å². The summed E-state index contributed by atoms with van der Waals surface area (Å²) in [5, 5.41) is 3.37. The molecule has 1 fully saturated rings. The predicted octanol–water partition coefficient (Wildman–Crippen LogP) is 3.75. The van der Waals surface area contributed by atoms with Crippen LogP contribution in [0.2, 0.25) is 5.02 Å². The van der Waals surface area contributed by atoms with Gasteiger partial charge in [-0.25, -0.2) is 4.98 Å². The summed E-state index contributed by atoms with van der Waals surface area (Å²) in [7, 11) is 0. The Morgan fingerprint density at radius 3 is 2.66 bits per heavy atom. The average Bonchev–Trinajstić information content (AvgIpc) is 2.77. The van der Waals surface area contributed by atoms with Crippen LogP contribution in [0.4, 0.5) is 11.5 Å². The van der Waals surface area contributed by atoms with Gasteiger partial charge in [0.15, 0.2) is 0 Å². The lowest BCUT2D eigenvalue weighted by atomic mass is 10.0. The molecule has 1 aromatic carbocycles. The second-order valence-electron chi connectivity index (χ2n) is 7.54. The lowest BCUT2D eigenvalue weighted by Crippen LogP contribution is -2.39. The highest BCUT2D eigenvalue weighted by Crippen LogP contribution is 2.27. The number of fused-ring (bicyclic) bond motifs is 1. The second-order valence-corrected chi connectivity index (χ2v) is 7.95. The molecule has 2 amide bonds. The Balaban J connectivity index is 1.40. The van der Waals surface area contributed by atoms with Crippen LogP contribution in [0, 0.1) is 0 Å². The first-order chi connectivity index (χ1) is 14.1. The van der Waals surface area contributed by atoms with E-state index in [-0.39, 0.29) is 18.4 Å². The van der Waals surface area contributed by atoms with E-state index in [1.807, 2.05) is 28.0 Å². The molecule has 1 aromatic heterocycles. The minimum atomic E-state index is -0.0355. The monoisotopic (exact) mass is 412 g/mol. The third-order valence-electron chi connectivity index (χ3n) is 5.55. The lowest BCUT2D eigenvalue weighted by molar-refractivity contribution is -0.117. The van der Waals surface area contributed by atoms with E-state index >= 15 is 0 Å². The van der Waals surface area contributed by atoms with Gasteiger partial charge in [0.2, 0.25) is 5.91 Å². The molecule has 0 atom stereocenters. The van der Waals surface area contributed by atoms with E-state index in [4.69, 9.17) is 11.6 Å². The summed E-state index contributed by atoms with van der Waals surface area (Å²) in [6.45, 7) is 2.37. The number of benzene rings is 1. The van der Waals surface area contributed by atoms with Crippen LogP contribution in [0.3, 0.4) is 0 Å². The summed E-state index contributed by atoms with van der Waals surface area (Å²) >= 11 is 6.34. The van der Waals surface area contributed by atoms with Gasteiger partial charge >= 0.3 is 0 Å². The van der Waals surface area contributed by atoms with Crippen molar-refractivity contribution >= 4 is 34.9 Å². The molecule has 1 saturated heterocycles. The maximum Gasteiger partial charge on any atom is 0.255 e. The fourth-order valence-corrected chi connectivity index (χ4v) is 4.25. The summed E-state index contributed by atoms with van der Waals surface area (Å²) in [5.74, 6) is 0.357. The molecule has 0 spiro atoms. The number of hydrogen-bond acceptors (Lipinski definition) is 4. The standard InChI is InChI=1S/C22H25ClN4O2/c23-18-13-17(22(29)26-10-4-1-5-11-26)14-24-21(18)25-15-20(28)27-12-6-8-16-7-2-3-9-19(16)27/h2-3,7,9,13-14H,1,4-6,8,10-12,15H2,(H,24,25). The molecule has 29 heavy (non-hydrogen) atoms. The number of likely N-dealkylation sites (tertiary alicyclic amines) is 1. The van der Waals surface area contributed by atoms with Gasteiger partial charge in [0.1, 0.15) is 5.82 Å². The third kappa shape index (κ3) is 4.37. The van der Waals surface area contributed by atoms with Crippen molar-refractivity contribution in [2.24, 2.45) is 0 Å². The molecule has 3 heterocycles. The predicted molar refractivity (Wildman–Crippen MR) is 115 cm³/mol. The number of carbonyl (C=O) groups is 2. The van der Waals surface area contributed by atoms with Gasteiger partial charge in [-0.1, -0.05) is 29.8 Å². The van der Waals surface area contributed by atoms with E-state index in [2.05, 4.69) is 16.4 Å². The van der Waals surface area contributed by atoms with Crippen molar-refractivity contribution in [1.29, 1.82) is 0 Å². The van der Waals surface area contributed by atoms with Crippen molar-refractivity contribution in [3.63, 3.8) is 0 Å². The first kappa shape index (κ1) is 19.7. The zero-order valence-electron chi connectivity index (χ0n) is 16.4. The van der Waals surface area contributed by atoms with Crippen LogP contribution in [0.5, 0.6) is 0 Å². The lowest BCUT2D eigenvalue weighted by Gasteiger charge is -2.29. The number of aromatic nitrogens is 1. The molecule has 0 aliphatic carbocycles. The molecule has 2 aliphatic heterocycles. The van der Waals surface area contributed by atoms with Crippen molar-refractivity contribution in [2.75, 3.05) is 36.4 Å². The van der Waals surface area contributed by atoms with Crippen molar-refractivity contribution in [2.45, 2.75) is 32.1 Å². The van der Waals surface area contributed by atoms with E-state index in [0.717, 1.165) is 44.5 Å². The molecule has 0 bridgehead atoms. The number of nitrogens with zero attached hydrogens (tertiary/aromatic N) is 3. The van der Waals surface area contributed by atoms with E-state index in [0.29, 0.717) is 22.9 Å². The maximum absolute atomic E-state index is 12.8. The molecule has 6 nitrogen and oxygen atoms in total. The SMILES string of the molecule is O=C(c1cnc(NCC(=O)N2CCCc3ccccc32)c(Cl)c1)N1CCCCC1. The van der Waals surface area contributed by atoms with Crippen molar-refractivity contribution in [1.82, 2.24) is 9.88 Å². The van der Waals surface area contributed by atoms with Gasteiger partial charge < -0.3 is 15.1 Å². The Morgan fingerprint density at radius 2 is 1.86 bits per heavy atom. The quantitative estimate of drug-likeness (QED) is 0.830. The Labute approximate surface area is 175 Å². The first-order valence-corrected chi connectivity index (χ1v) is 10.6.